The summed E-state index contributed by atoms with van der Waals surface area (Å²) in [6.07, 6.45) is 3.53. The highest BCUT2D eigenvalue weighted by molar-refractivity contribution is 7.92. The molecule has 198 valence electrons. The molecule has 0 fully saturated rings. The number of sulfone groups is 1. The van der Waals surface area contributed by atoms with E-state index in [9.17, 15) is 21.6 Å². The molecule has 1 aromatic heterocycles. The van der Waals surface area contributed by atoms with Gasteiger partial charge in [0, 0.05) is 24.9 Å². The quantitative estimate of drug-likeness (QED) is 0.342. The average molecular weight is 570 g/mol. The molecule has 3 aromatic carbocycles. The first-order valence-corrected chi connectivity index (χ1v) is 16.4. The molecule has 0 spiro atoms. The summed E-state index contributed by atoms with van der Waals surface area (Å²) in [7, 11) is -7.15. The van der Waals surface area contributed by atoms with Crippen molar-refractivity contribution in [3.05, 3.63) is 82.7 Å². The minimum Gasteiger partial charge on any atom is -0.316 e. The Morgan fingerprint density at radius 1 is 0.974 bits per heavy atom. The van der Waals surface area contributed by atoms with Crippen LogP contribution >= 0.6 is 11.3 Å². The molecule has 11 heteroatoms. The molecule has 0 aliphatic carbocycles. The van der Waals surface area contributed by atoms with Crippen LogP contribution in [0.5, 0.6) is 0 Å². The third-order valence-corrected chi connectivity index (χ3v) is 10.5. The predicted octanol–water partition coefficient (Wildman–Crippen LogP) is 4.40. The number of anilines is 1. The molecule has 0 saturated heterocycles. The number of fused-ring (bicyclic) bond motifs is 2. The second-order valence-corrected chi connectivity index (χ2v) is 14.1. The van der Waals surface area contributed by atoms with Gasteiger partial charge < -0.3 is 4.57 Å². The fourth-order valence-electron chi connectivity index (χ4n) is 4.61. The van der Waals surface area contributed by atoms with Gasteiger partial charge >= 0.3 is 0 Å². The maximum atomic E-state index is 13.4. The van der Waals surface area contributed by atoms with Crippen molar-refractivity contribution in [3.63, 3.8) is 0 Å². The number of aromatic nitrogens is 1. The molecule has 1 aliphatic rings. The molecule has 0 atom stereocenters. The van der Waals surface area contributed by atoms with Gasteiger partial charge in [0.2, 0.25) is 0 Å². The van der Waals surface area contributed by atoms with Gasteiger partial charge in [-0.1, -0.05) is 36.5 Å². The number of para-hydroxylation sites is 1. The monoisotopic (exact) mass is 569 g/mol. The summed E-state index contributed by atoms with van der Waals surface area (Å²) in [6.45, 7) is 3.02. The molecule has 38 heavy (non-hydrogen) atoms. The topological polar surface area (TPSA) is 106 Å². The molecule has 0 bridgehead atoms. The van der Waals surface area contributed by atoms with Crippen LogP contribution in [0, 0.1) is 0 Å². The Kier molecular flexibility index (Phi) is 7.01. The van der Waals surface area contributed by atoms with E-state index >= 15 is 0 Å². The fourth-order valence-corrected chi connectivity index (χ4v) is 7.96. The number of rotatable bonds is 6. The zero-order valence-corrected chi connectivity index (χ0v) is 23.4. The van der Waals surface area contributed by atoms with Crippen LogP contribution in [0.15, 0.2) is 81.5 Å². The van der Waals surface area contributed by atoms with E-state index in [1.807, 2.05) is 35.8 Å². The lowest BCUT2D eigenvalue weighted by atomic mass is 10.0. The molecule has 0 radical (unpaired) electrons. The van der Waals surface area contributed by atoms with Crippen molar-refractivity contribution in [1.82, 2.24) is 4.57 Å². The van der Waals surface area contributed by atoms with E-state index < -0.39 is 25.8 Å². The summed E-state index contributed by atoms with van der Waals surface area (Å²) in [5.74, 6) is -0.503. The molecule has 1 amide bonds. The zero-order valence-electron chi connectivity index (χ0n) is 21.0. The number of hydrogen-bond acceptors (Lipinski definition) is 6. The molecule has 2 heterocycles. The van der Waals surface area contributed by atoms with Gasteiger partial charge in [0.1, 0.15) is 0 Å². The first-order chi connectivity index (χ1) is 18.1. The minimum atomic E-state index is -3.78. The third-order valence-electron chi connectivity index (χ3n) is 6.48. The van der Waals surface area contributed by atoms with Crippen LogP contribution in [0.1, 0.15) is 35.7 Å². The molecule has 1 aliphatic heterocycles. The van der Waals surface area contributed by atoms with Crippen molar-refractivity contribution in [2.45, 2.75) is 42.5 Å². The van der Waals surface area contributed by atoms with Crippen molar-refractivity contribution >= 4 is 53.0 Å². The Morgan fingerprint density at radius 2 is 1.68 bits per heavy atom. The molecular weight excluding hydrogens is 543 g/mol. The van der Waals surface area contributed by atoms with E-state index in [-0.39, 0.29) is 15.4 Å². The van der Waals surface area contributed by atoms with E-state index in [4.69, 9.17) is 0 Å². The molecular formula is C27H27N3O5S3. The highest BCUT2D eigenvalue weighted by Gasteiger charge is 2.29. The number of thiazole rings is 1. The Hall–Kier alpha value is -3.28. The summed E-state index contributed by atoms with van der Waals surface area (Å²) >= 11 is 1.25. The van der Waals surface area contributed by atoms with Gasteiger partial charge in [-0.2, -0.15) is 4.99 Å². The van der Waals surface area contributed by atoms with Crippen LogP contribution < -0.4 is 9.11 Å². The lowest BCUT2D eigenvalue weighted by Crippen LogP contribution is -2.35. The molecule has 8 nitrogen and oxygen atoms in total. The van der Waals surface area contributed by atoms with Crippen LogP contribution in [-0.4, -0.2) is 40.1 Å². The Morgan fingerprint density at radius 3 is 2.39 bits per heavy atom. The van der Waals surface area contributed by atoms with Gasteiger partial charge in [-0.3, -0.25) is 9.10 Å². The predicted molar refractivity (Wildman–Crippen MR) is 149 cm³/mol. The number of sulfonamides is 1. The fraction of sp³-hybridized carbons (Fsp3) is 0.259. The maximum absolute atomic E-state index is 13.4. The van der Waals surface area contributed by atoms with Crippen LogP contribution in [-0.2, 0) is 32.8 Å². The van der Waals surface area contributed by atoms with E-state index in [0.717, 1.165) is 41.3 Å². The van der Waals surface area contributed by atoms with Crippen LogP contribution in [0.2, 0.25) is 0 Å². The summed E-state index contributed by atoms with van der Waals surface area (Å²) in [5, 5.41) is 0. The van der Waals surface area contributed by atoms with Gasteiger partial charge in [0.25, 0.3) is 15.9 Å². The van der Waals surface area contributed by atoms with E-state index in [2.05, 4.69) is 4.99 Å². The van der Waals surface area contributed by atoms with Gasteiger partial charge in [0.05, 0.1) is 25.7 Å². The van der Waals surface area contributed by atoms with E-state index in [1.54, 1.807) is 18.2 Å². The molecule has 5 rings (SSSR count). The zero-order chi connectivity index (χ0) is 27.1. The van der Waals surface area contributed by atoms with Crippen molar-refractivity contribution < 1.29 is 21.6 Å². The number of nitrogens with zero attached hydrogens (tertiary/aromatic N) is 3. The lowest BCUT2D eigenvalue weighted by Gasteiger charge is -2.30. The second-order valence-electron chi connectivity index (χ2n) is 9.19. The number of amides is 1. The van der Waals surface area contributed by atoms with Crippen LogP contribution in [0.25, 0.3) is 10.2 Å². The highest BCUT2D eigenvalue weighted by atomic mass is 32.2. The standard InChI is InChI=1S/C27H27N3O5S3/c1-3-16-29-24-15-14-22(37(2,32)33)18-25(24)36-27(29)28-26(31)20-10-12-21(13-11-20)38(34,35)30-17-6-8-19-7-4-5-9-23(19)30/h4-5,7,9-15,18H,3,6,8,16-17H2,1-2H3. The SMILES string of the molecule is CCCn1c(=NC(=O)c2ccc(S(=O)(=O)N3CCCc4ccccc43)cc2)sc2cc(S(C)(=O)=O)ccc21. The minimum absolute atomic E-state index is 0.113. The summed E-state index contributed by atoms with van der Waals surface area (Å²) < 4.78 is 54.9. The number of aryl methyl sites for hydroxylation is 2. The van der Waals surface area contributed by atoms with E-state index in [1.165, 1.54) is 39.9 Å². The lowest BCUT2D eigenvalue weighted by molar-refractivity contribution is 0.0997. The normalized spacial score (nSPS) is 14.6. The Labute approximate surface area is 225 Å². The largest absolute Gasteiger partial charge is 0.316 e. The number of carbonyl (C=O) groups is 1. The summed E-state index contributed by atoms with van der Waals surface area (Å²) in [5.41, 5.74) is 2.76. The average Bonchev–Trinajstić information content (AvgIpc) is 3.24. The third kappa shape index (κ3) is 4.93. The molecule has 0 unspecified atom stereocenters. The van der Waals surface area contributed by atoms with Crippen LogP contribution in [0.3, 0.4) is 0 Å². The van der Waals surface area contributed by atoms with Gasteiger partial charge in [0.15, 0.2) is 14.6 Å². The maximum Gasteiger partial charge on any atom is 0.279 e. The van der Waals surface area contributed by atoms with Gasteiger partial charge in [-0.25, -0.2) is 16.8 Å². The van der Waals surface area contributed by atoms with Crippen molar-refractivity contribution in [2.75, 3.05) is 17.1 Å². The first kappa shape index (κ1) is 26.3. The number of benzene rings is 3. The summed E-state index contributed by atoms with van der Waals surface area (Å²) in [6, 6.07) is 18.2. The number of hydrogen-bond donors (Lipinski definition) is 0. The van der Waals surface area contributed by atoms with Crippen LogP contribution in [0.4, 0.5) is 5.69 Å². The highest BCUT2D eigenvalue weighted by Crippen LogP contribution is 2.32. The van der Waals surface area contributed by atoms with Crippen molar-refractivity contribution in [2.24, 2.45) is 4.99 Å². The molecule has 0 saturated carbocycles. The number of carbonyl (C=O) groups excluding carboxylic acids is 1. The molecule has 0 N–H and O–H groups in total. The van der Waals surface area contributed by atoms with Gasteiger partial charge in [-0.15, -0.1) is 0 Å². The van der Waals surface area contributed by atoms with Crippen molar-refractivity contribution in [3.8, 4) is 0 Å². The second kappa shape index (κ2) is 10.1. The Balaban J connectivity index is 1.48. The Bertz CT molecular complexity index is 1820. The smallest absolute Gasteiger partial charge is 0.279 e. The van der Waals surface area contributed by atoms with Gasteiger partial charge in [-0.05, 0) is 73.4 Å². The first-order valence-electron chi connectivity index (χ1n) is 12.2. The molecule has 4 aromatic rings. The summed E-state index contributed by atoms with van der Waals surface area (Å²) in [4.78, 5) is 18.2. The van der Waals surface area contributed by atoms with Crippen molar-refractivity contribution in [1.29, 1.82) is 0 Å². The van der Waals surface area contributed by atoms with E-state index in [0.29, 0.717) is 23.6 Å².